The summed E-state index contributed by atoms with van der Waals surface area (Å²) < 4.78 is 16.3. The predicted molar refractivity (Wildman–Crippen MR) is 116 cm³/mol. The summed E-state index contributed by atoms with van der Waals surface area (Å²) in [5, 5.41) is 6.76. The van der Waals surface area contributed by atoms with Crippen molar-refractivity contribution >= 4 is 11.3 Å². The van der Waals surface area contributed by atoms with Crippen LogP contribution in [-0.2, 0) is 6.54 Å². The summed E-state index contributed by atoms with van der Waals surface area (Å²) in [6, 6.07) is 14.6. The average molecular weight is 411 g/mol. The molecule has 4 rings (SSSR count). The maximum atomic E-state index is 5.56. The summed E-state index contributed by atoms with van der Waals surface area (Å²) in [4.78, 5) is 4.84. The van der Waals surface area contributed by atoms with Crippen molar-refractivity contribution in [3.8, 4) is 27.8 Å². The van der Waals surface area contributed by atoms with Gasteiger partial charge in [-0.25, -0.2) is 4.98 Å². The first-order chi connectivity index (χ1) is 14.2. The van der Waals surface area contributed by atoms with E-state index in [9.17, 15) is 0 Å². The van der Waals surface area contributed by atoms with E-state index >= 15 is 0 Å². The van der Waals surface area contributed by atoms with Gasteiger partial charge in [-0.05, 0) is 48.6 Å². The van der Waals surface area contributed by atoms with E-state index in [0.29, 0.717) is 17.7 Å². The Hall–Kier alpha value is -2.57. The Balaban J connectivity index is 1.49. The molecule has 1 unspecified atom stereocenters. The van der Waals surface area contributed by atoms with Gasteiger partial charge in [-0.3, -0.25) is 0 Å². The van der Waals surface area contributed by atoms with Crippen LogP contribution in [0.15, 0.2) is 47.8 Å². The fourth-order valence-corrected chi connectivity index (χ4v) is 4.42. The Morgan fingerprint density at radius 1 is 1.03 bits per heavy atom. The molecule has 1 heterocycles. The van der Waals surface area contributed by atoms with E-state index in [2.05, 4.69) is 22.8 Å². The standard InChI is InChI=1S/C23H26N2O3S/c1-26-18-11-9-16(10-12-18)21(15-7-8-15)24-13-17-14-29-23(25-17)19-5-4-6-20(27-2)22(19)28-3/h4-6,9-12,14-15,21,24H,7-8,13H2,1-3H3. The molecule has 0 aliphatic heterocycles. The Kier molecular flexibility index (Phi) is 6.02. The maximum Gasteiger partial charge on any atom is 0.170 e. The molecule has 0 radical (unpaired) electrons. The number of hydrogen-bond acceptors (Lipinski definition) is 6. The van der Waals surface area contributed by atoms with Crippen molar-refractivity contribution in [3.63, 3.8) is 0 Å². The Labute approximate surface area is 175 Å². The molecule has 2 aromatic carbocycles. The van der Waals surface area contributed by atoms with E-state index in [4.69, 9.17) is 19.2 Å². The summed E-state index contributed by atoms with van der Waals surface area (Å²) in [6.45, 7) is 0.732. The summed E-state index contributed by atoms with van der Waals surface area (Å²) >= 11 is 1.62. The van der Waals surface area contributed by atoms with Crippen LogP contribution in [0, 0.1) is 5.92 Å². The number of methoxy groups -OCH3 is 3. The number of rotatable bonds is 9. The summed E-state index contributed by atoms with van der Waals surface area (Å²) in [6.07, 6.45) is 2.54. The molecule has 0 amide bonds. The van der Waals surface area contributed by atoms with Crippen molar-refractivity contribution in [2.24, 2.45) is 5.92 Å². The number of nitrogens with one attached hydrogen (secondary N) is 1. The van der Waals surface area contributed by atoms with Gasteiger partial charge in [0.15, 0.2) is 11.5 Å². The summed E-state index contributed by atoms with van der Waals surface area (Å²) in [5.74, 6) is 3.02. The van der Waals surface area contributed by atoms with E-state index in [1.165, 1.54) is 18.4 Å². The molecule has 0 saturated heterocycles. The molecule has 1 N–H and O–H groups in total. The van der Waals surface area contributed by atoms with Crippen LogP contribution in [0.1, 0.15) is 30.1 Å². The van der Waals surface area contributed by atoms with Crippen LogP contribution in [0.25, 0.3) is 10.6 Å². The second kappa shape index (κ2) is 8.84. The highest BCUT2D eigenvalue weighted by Crippen LogP contribution is 2.42. The third-order valence-electron chi connectivity index (χ3n) is 5.26. The van der Waals surface area contributed by atoms with Crippen LogP contribution in [0.3, 0.4) is 0 Å². The third kappa shape index (κ3) is 4.38. The SMILES string of the molecule is COc1ccc(C(NCc2csc(-c3cccc(OC)c3OC)n2)C2CC2)cc1. The van der Waals surface area contributed by atoms with Gasteiger partial charge in [0.25, 0.3) is 0 Å². The first kappa shape index (κ1) is 19.7. The largest absolute Gasteiger partial charge is 0.497 e. The van der Waals surface area contributed by atoms with E-state index in [-0.39, 0.29) is 0 Å². The van der Waals surface area contributed by atoms with Gasteiger partial charge in [0.05, 0.1) is 32.6 Å². The Bertz CT molecular complexity index is 951. The van der Waals surface area contributed by atoms with Crippen molar-refractivity contribution in [2.45, 2.75) is 25.4 Å². The molecule has 152 valence electrons. The van der Waals surface area contributed by atoms with Gasteiger partial charge in [-0.1, -0.05) is 18.2 Å². The van der Waals surface area contributed by atoms with E-state index in [0.717, 1.165) is 34.3 Å². The van der Waals surface area contributed by atoms with Gasteiger partial charge in [0, 0.05) is 18.0 Å². The highest BCUT2D eigenvalue weighted by atomic mass is 32.1. The number of thiazole rings is 1. The smallest absolute Gasteiger partial charge is 0.170 e. The number of para-hydroxylation sites is 1. The van der Waals surface area contributed by atoms with E-state index in [1.807, 2.05) is 30.3 Å². The number of nitrogens with zero attached hydrogens (tertiary/aromatic N) is 1. The molecular formula is C23H26N2O3S. The van der Waals surface area contributed by atoms with Crippen molar-refractivity contribution in [3.05, 3.63) is 59.1 Å². The van der Waals surface area contributed by atoms with Gasteiger partial charge >= 0.3 is 0 Å². The minimum atomic E-state index is 0.345. The lowest BCUT2D eigenvalue weighted by Crippen LogP contribution is -2.22. The fourth-order valence-electron chi connectivity index (χ4n) is 3.58. The minimum absolute atomic E-state index is 0.345. The van der Waals surface area contributed by atoms with Crippen LogP contribution in [0.4, 0.5) is 0 Å². The van der Waals surface area contributed by atoms with Crippen LogP contribution in [0.2, 0.25) is 0 Å². The molecule has 0 bridgehead atoms. The zero-order valence-electron chi connectivity index (χ0n) is 17.0. The van der Waals surface area contributed by atoms with E-state index in [1.54, 1.807) is 32.7 Å². The van der Waals surface area contributed by atoms with Crippen LogP contribution in [0.5, 0.6) is 17.2 Å². The number of hydrogen-bond donors (Lipinski definition) is 1. The first-order valence-electron chi connectivity index (χ1n) is 9.76. The quantitative estimate of drug-likeness (QED) is 0.533. The second-order valence-corrected chi connectivity index (χ2v) is 8.01. The van der Waals surface area contributed by atoms with Crippen molar-refractivity contribution in [2.75, 3.05) is 21.3 Å². The lowest BCUT2D eigenvalue weighted by Gasteiger charge is -2.18. The number of benzene rings is 2. The van der Waals surface area contributed by atoms with E-state index < -0.39 is 0 Å². The topological polar surface area (TPSA) is 52.6 Å². The monoisotopic (exact) mass is 410 g/mol. The molecule has 29 heavy (non-hydrogen) atoms. The molecular weight excluding hydrogens is 384 g/mol. The zero-order chi connectivity index (χ0) is 20.2. The molecule has 1 atom stereocenters. The molecule has 1 aliphatic rings. The first-order valence-corrected chi connectivity index (χ1v) is 10.6. The Morgan fingerprint density at radius 2 is 1.83 bits per heavy atom. The molecule has 1 fully saturated rings. The molecule has 0 spiro atoms. The molecule has 1 aromatic heterocycles. The molecule has 5 nitrogen and oxygen atoms in total. The zero-order valence-corrected chi connectivity index (χ0v) is 17.8. The van der Waals surface area contributed by atoms with Crippen molar-refractivity contribution in [1.82, 2.24) is 10.3 Å². The summed E-state index contributed by atoms with van der Waals surface area (Å²) in [7, 11) is 5.01. The predicted octanol–water partition coefficient (Wildman–Crippen LogP) is 5.08. The molecule has 1 saturated carbocycles. The lowest BCUT2D eigenvalue weighted by atomic mass is 10.0. The van der Waals surface area contributed by atoms with Gasteiger partial charge in [0.2, 0.25) is 0 Å². The number of aromatic nitrogens is 1. The van der Waals surface area contributed by atoms with Gasteiger partial charge in [-0.2, -0.15) is 0 Å². The van der Waals surface area contributed by atoms with Crippen LogP contribution >= 0.6 is 11.3 Å². The number of ether oxygens (including phenoxy) is 3. The van der Waals surface area contributed by atoms with Crippen molar-refractivity contribution < 1.29 is 14.2 Å². The maximum absolute atomic E-state index is 5.56. The average Bonchev–Trinajstić information content (AvgIpc) is 3.50. The van der Waals surface area contributed by atoms with Gasteiger partial charge in [0.1, 0.15) is 10.8 Å². The highest BCUT2D eigenvalue weighted by molar-refractivity contribution is 7.13. The molecule has 6 heteroatoms. The molecule has 1 aliphatic carbocycles. The molecule has 3 aromatic rings. The second-order valence-electron chi connectivity index (χ2n) is 7.15. The van der Waals surface area contributed by atoms with Gasteiger partial charge in [-0.15, -0.1) is 11.3 Å². The summed E-state index contributed by atoms with van der Waals surface area (Å²) in [5.41, 5.74) is 3.30. The van der Waals surface area contributed by atoms with Crippen LogP contribution < -0.4 is 19.5 Å². The van der Waals surface area contributed by atoms with Crippen LogP contribution in [-0.4, -0.2) is 26.3 Å². The fraction of sp³-hybridized carbons (Fsp3) is 0.348. The van der Waals surface area contributed by atoms with Gasteiger partial charge < -0.3 is 19.5 Å². The minimum Gasteiger partial charge on any atom is -0.497 e. The van der Waals surface area contributed by atoms with Crippen molar-refractivity contribution in [1.29, 1.82) is 0 Å². The highest BCUT2D eigenvalue weighted by Gasteiger charge is 2.32. The third-order valence-corrected chi connectivity index (χ3v) is 6.18. The normalized spacial score (nSPS) is 14.4. The lowest BCUT2D eigenvalue weighted by molar-refractivity contribution is 0.356. The Morgan fingerprint density at radius 3 is 2.48 bits per heavy atom.